The van der Waals surface area contributed by atoms with Crippen molar-refractivity contribution >= 4 is 28.2 Å². The second kappa shape index (κ2) is 10.6. The Balaban J connectivity index is 1.19. The second-order valence-corrected chi connectivity index (χ2v) is 9.87. The molecule has 2 aliphatic heterocycles. The van der Waals surface area contributed by atoms with Crippen LogP contribution in [0.15, 0.2) is 53.3 Å². The lowest BCUT2D eigenvalue weighted by Gasteiger charge is -2.32. The van der Waals surface area contributed by atoms with Crippen molar-refractivity contribution in [3.63, 3.8) is 0 Å². The van der Waals surface area contributed by atoms with Crippen LogP contribution in [0.25, 0.3) is 10.8 Å². The number of nitrogens with zero attached hydrogens (tertiary/aromatic N) is 4. The number of fused-ring (bicyclic) bond motifs is 1. The van der Waals surface area contributed by atoms with Crippen molar-refractivity contribution in [3.05, 3.63) is 64.4 Å². The Kier molecular flexibility index (Phi) is 7.13. The monoisotopic (exact) mass is 473 g/mol. The van der Waals surface area contributed by atoms with E-state index in [2.05, 4.69) is 27.2 Å². The van der Waals surface area contributed by atoms with Crippen LogP contribution in [0.3, 0.4) is 0 Å². The number of benzene rings is 2. The molecule has 3 heterocycles. The molecule has 0 radical (unpaired) electrons. The highest BCUT2D eigenvalue weighted by Gasteiger charge is 2.22. The molecule has 0 unspecified atom stereocenters. The molecule has 0 saturated carbocycles. The first-order chi connectivity index (χ1) is 17.1. The largest absolute Gasteiger partial charge is 0.355 e. The molecule has 1 N–H and O–H groups in total. The fourth-order valence-electron chi connectivity index (χ4n) is 5.54. The molecule has 2 aromatic carbocycles. The zero-order chi connectivity index (χ0) is 24.2. The highest BCUT2D eigenvalue weighted by atomic mass is 16.1. The fourth-order valence-corrected chi connectivity index (χ4v) is 5.54. The molecule has 35 heavy (non-hydrogen) atoms. The van der Waals surface area contributed by atoms with Crippen molar-refractivity contribution in [2.75, 3.05) is 42.9 Å². The van der Waals surface area contributed by atoms with E-state index in [4.69, 9.17) is 5.10 Å². The van der Waals surface area contributed by atoms with Crippen LogP contribution < -0.4 is 15.8 Å². The van der Waals surface area contributed by atoms with Crippen LogP contribution in [0.1, 0.15) is 50.5 Å². The molecule has 2 saturated heterocycles. The summed E-state index contributed by atoms with van der Waals surface area (Å²) in [5.41, 5.74) is 2.19. The van der Waals surface area contributed by atoms with Crippen molar-refractivity contribution in [1.82, 2.24) is 14.7 Å². The van der Waals surface area contributed by atoms with Gasteiger partial charge in [-0.2, -0.15) is 5.10 Å². The third-order valence-corrected chi connectivity index (χ3v) is 7.36. The molecular formula is C28H35N5O2. The number of anilines is 2. The van der Waals surface area contributed by atoms with E-state index in [9.17, 15) is 9.59 Å². The number of piperidine rings is 1. The average molecular weight is 474 g/mol. The summed E-state index contributed by atoms with van der Waals surface area (Å²) in [6.07, 6.45) is 5.49. The Labute approximate surface area is 206 Å². The van der Waals surface area contributed by atoms with Crippen LogP contribution in [-0.2, 0) is 11.3 Å². The fraction of sp³-hybridized carbons (Fsp3) is 0.464. The van der Waals surface area contributed by atoms with Crippen molar-refractivity contribution < 1.29 is 4.79 Å². The highest BCUT2D eigenvalue weighted by molar-refractivity contribution is 5.91. The molecule has 0 spiro atoms. The standard InChI is InChI=1S/C28H35N5O2/c1-21(34)29-24-9-6-8-23(20-24)22-12-18-31(19-13-22)14-7-17-33-28(35)26-11-3-2-10-25(26)27(30-33)32-15-4-5-16-32/h2-3,6,8-11,20,22H,4-5,7,12-19H2,1H3,(H,29,34). The van der Waals surface area contributed by atoms with Gasteiger partial charge in [-0.25, -0.2) is 4.68 Å². The number of rotatable bonds is 7. The Morgan fingerprint density at radius 2 is 1.71 bits per heavy atom. The summed E-state index contributed by atoms with van der Waals surface area (Å²) in [7, 11) is 0. The summed E-state index contributed by atoms with van der Waals surface area (Å²) in [4.78, 5) is 29.3. The number of hydrogen-bond donors (Lipinski definition) is 1. The minimum Gasteiger partial charge on any atom is -0.355 e. The molecular weight excluding hydrogens is 438 g/mol. The zero-order valence-corrected chi connectivity index (χ0v) is 20.6. The van der Waals surface area contributed by atoms with Gasteiger partial charge in [-0.15, -0.1) is 0 Å². The number of likely N-dealkylation sites (tertiary alicyclic amines) is 1. The first-order valence-electron chi connectivity index (χ1n) is 12.9. The predicted octanol–water partition coefficient (Wildman–Crippen LogP) is 4.22. The average Bonchev–Trinajstić information content (AvgIpc) is 3.41. The van der Waals surface area contributed by atoms with E-state index in [0.717, 1.165) is 74.3 Å². The molecule has 3 aromatic rings. The van der Waals surface area contributed by atoms with Gasteiger partial charge in [-0.05, 0) is 81.4 Å². The molecule has 5 rings (SSSR count). The maximum absolute atomic E-state index is 13.1. The van der Waals surface area contributed by atoms with Gasteiger partial charge in [0.05, 0.1) is 5.39 Å². The molecule has 1 amide bonds. The van der Waals surface area contributed by atoms with Crippen molar-refractivity contribution in [3.8, 4) is 0 Å². The highest BCUT2D eigenvalue weighted by Crippen LogP contribution is 2.30. The summed E-state index contributed by atoms with van der Waals surface area (Å²) in [5.74, 6) is 1.44. The molecule has 0 bridgehead atoms. The van der Waals surface area contributed by atoms with Crippen LogP contribution in [0, 0.1) is 0 Å². The van der Waals surface area contributed by atoms with E-state index in [-0.39, 0.29) is 11.5 Å². The van der Waals surface area contributed by atoms with Crippen molar-refractivity contribution in [2.24, 2.45) is 0 Å². The van der Waals surface area contributed by atoms with Crippen LogP contribution in [-0.4, -0.2) is 53.3 Å². The predicted molar refractivity (Wildman–Crippen MR) is 141 cm³/mol. The number of amides is 1. The Morgan fingerprint density at radius 3 is 2.46 bits per heavy atom. The number of hydrogen-bond acceptors (Lipinski definition) is 5. The SMILES string of the molecule is CC(=O)Nc1cccc(C2CCN(CCCn3nc(N4CCCC4)c4ccccc4c3=O)CC2)c1. The first kappa shape index (κ1) is 23.5. The lowest BCUT2D eigenvalue weighted by Crippen LogP contribution is -2.35. The molecule has 184 valence electrons. The van der Waals surface area contributed by atoms with E-state index in [1.165, 1.54) is 18.4 Å². The summed E-state index contributed by atoms with van der Waals surface area (Å²) >= 11 is 0. The van der Waals surface area contributed by atoms with Gasteiger partial charge >= 0.3 is 0 Å². The summed E-state index contributed by atoms with van der Waals surface area (Å²) < 4.78 is 1.69. The minimum atomic E-state index is -0.0375. The van der Waals surface area contributed by atoms with E-state index in [1.807, 2.05) is 36.4 Å². The van der Waals surface area contributed by atoms with Crippen molar-refractivity contribution in [1.29, 1.82) is 0 Å². The van der Waals surface area contributed by atoms with E-state index < -0.39 is 0 Å². The molecule has 7 heteroatoms. The zero-order valence-electron chi connectivity index (χ0n) is 20.6. The van der Waals surface area contributed by atoms with Crippen LogP contribution in [0.2, 0.25) is 0 Å². The smallest absolute Gasteiger partial charge is 0.274 e. The number of carbonyl (C=O) groups excluding carboxylic acids is 1. The topological polar surface area (TPSA) is 70.5 Å². The first-order valence-corrected chi connectivity index (χ1v) is 12.9. The van der Waals surface area contributed by atoms with Gasteiger partial charge < -0.3 is 15.1 Å². The third-order valence-electron chi connectivity index (χ3n) is 7.36. The Hall–Kier alpha value is -3.19. The second-order valence-electron chi connectivity index (χ2n) is 9.87. The molecule has 7 nitrogen and oxygen atoms in total. The number of nitrogens with one attached hydrogen (secondary N) is 1. The lowest BCUT2D eigenvalue weighted by atomic mass is 9.89. The Morgan fingerprint density at radius 1 is 0.971 bits per heavy atom. The molecule has 1 aromatic heterocycles. The molecule has 0 aliphatic carbocycles. The maximum Gasteiger partial charge on any atom is 0.274 e. The summed E-state index contributed by atoms with van der Waals surface area (Å²) in [6, 6.07) is 16.1. The number of aromatic nitrogens is 2. The summed E-state index contributed by atoms with van der Waals surface area (Å²) in [5, 5.41) is 9.46. The van der Waals surface area contributed by atoms with E-state index >= 15 is 0 Å². The number of aryl methyl sites for hydroxylation is 1. The van der Waals surface area contributed by atoms with Gasteiger partial charge in [0.15, 0.2) is 5.82 Å². The van der Waals surface area contributed by atoms with Crippen LogP contribution >= 0.6 is 0 Å². The molecule has 0 atom stereocenters. The van der Waals surface area contributed by atoms with Gasteiger partial charge in [0.25, 0.3) is 5.56 Å². The van der Waals surface area contributed by atoms with Crippen LogP contribution in [0.5, 0.6) is 0 Å². The summed E-state index contributed by atoms with van der Waals surface area (Å²) in [6.45, 7) is 7.28. The molecule has 2 fully saturated rings. The minimum absolute atomic E-state index is 0.0151. The van der Waals surface area contributed by atoms with Gasteiger partial charge in [0, 0.05) is 37.6 Å². The van der Waals surface area contributed by atoms with Gasteiger partial charge in [0.2, 0.25) is 5.91 Å². The van der Waals surface area contributed by atoms with Gasteiger partial charge in [-0.3, -0.25) is 9.59 Å². The molecule has 2 aliphatic rings. The van der Waals surface area contributed by atoms with Crippen LogP contribution in [0.4, 0.5) is 11.5 Å². The lowest BCUT2D eigenvalue weighted by molar-refractivity contribution is -0.114. The normalized spacial score (nSPS) is 17.2. The quantitative estimate of drug-likeness (QED) is 0.556. The van der Waals surface area contributed by atoms with E-state index in [0.29, 0.717) is 12.5 Å². The van der Waals surface area contributed by atoms with Gasteiger partial charge in [0.1, 0.15) is 0 Å². The maximum atomic E-state index is 13.1. The van der Waals surface area contributed by atoms with E-state index in [1.54, 1.807) is 11.6 Å². The third kappa shape index (κ3) is 5.40. The number of carbonyl (C=O) groups is 1. The van der Waals surface area contributed by atoms with Gasteiger partial charge in [-0.1, -0.05) is 30.3 Å². The Bertz CT molecular complexity index is 1240. The van der Waals surface area contributed by atoms with Crippen molar-refractivity contribution in [2.45, 2.75) is 51.5 Å².